The minimum Gasteiger partial charge on any atom is -0.398 e. The Hall–Kier alpha value is -3.67. The van der Waals surface area contributed by atoms with E-state index in [4.69, 9.17) is 5.73 Å². The number of urea groups is 1. The van der Waals surface area contributed by atoms with E-state index < -0.39 is 38.2 Å². The highest BCUT2D eigenvalue weighted by molar-refractivity contribution is 7.92. The zero-order valence-electron chi connectivity index (χ0n) is 17.1. The summed E-state index contributed by atoms with van der Waals surface area (Å²) in [5.74, 6) is -0.599. The summed E-state index contributed by atoms with van der Waals surface area (Å²) in [7, 11) is -5.55. The molecule has 1 aliphatic rings. The average Bonchev–Trinajstić information content (AvgIpc) is 2.96. The molecule has 0 spiro atoms. The van der Waals surface area contributed by atoms with Crippen molar-refractivity contribution in [2.75, 3.05) is 10.6 Å². The lowest BCUT2D eigenvalue weighted by Gasteiger charge is -2.20. The number of rotatable bonds is 4. The summed E-state index contributed by atoms with van der Waals surface area (Å²) in [6.45, 7) is 1.56. The summed E-state index contributed by atoms with van der Waals surface area (Å²) in [5, 5.41) is 0.646. The van der Waals surface area contributed by atoms with Crippen LogP contribution in [0.3, 0.4) is 0 Å². The molecule has 3 amide bonds. The predicted molar refractivity (Wildman–Crippen MR) is 114 cm³/mol. The summed E-state index contributed by atoms with van der Waals surface area (Å²) in [6.07, 6.45) is 1.56. The number of anilines is 2. The number of pyridine rings is 1. The Balaban J connectivity index is 1.65. The van der Waals surface area contributed by atoms with Gasteiger partial charge in [0.1, 0.15) is 6.04 Å². The van der Waals surface area contributed by atoms with Gasteiger partial charge in [0.05, 0.1) is 16.1 Å². The summed E-state index contributed by atoms with van der Waals surface area (Å²) >= 11 is 0. The van der Waals surface area contributed by atoms with Gasteiger partial charge in [-0.1, -0.05) is 6.07 Å². The smallest absolute Gasteiger partial charge is 0.398 e. The van der Waals surface area contributed by atoms with Crippen molar-refractivity contribution in [2.24, 2.45) is 0 Å². The van der Waals surface area contributed by atoms with Gasteiger partial charge in [0.2, 0.25) is 0 Å². The maximum absolute atomic E-state index is 13.1. The number of nitrogens with zero attached hydrogens (tertiary/aromatic N) is 3. The zero-order valence-corrected chi connectivity index (χ0v) is 17.9. The molecule has 2 heterocycles. The quantitative estimate of drug-likeness (QED) is 0.454. The van der Waals surface area contributed by atoms with E-state index in [2.05, 4.69) is 4.98 Å². The Labute approximate surface area is 186 Å². The molecule has 0 saturated carbocycles. The van der Waals surface area contributed by atoms with E-state index in [0.29, 0.717) is 34.3 Å². The van der Waals surface area contributed by atoms with Crippen LogP contribution >= 0.6 is 0 Å². The third-order valence-corrected chi connectivity index (χ3v) is 6.92. The Morgan fingerprint density at radius 3 is 2.36 bits per heavy atom. The van der Waals surface area contributed by atoms with Gasteiger partial charge in [0.25, 0.3) is 15.7 Å². The van der Waals surface area contributed by atoms with Gasteiger partial charge < -0.3 is 10.6 Å². The SMILES string of the molecule is CC1C(=O)N(c2ccc(S(=O)(=O)C(F)(F)F)cc2)C(=O)N1Cc1ccnc2cccc(N)c12. The number of imide groups is 1. The van der Waals surface area contributed by atoms with Gasteiger partial charge in [-0.2, -0.15) is 13.2 Å². The summed E-state index contributed by atoms with van der Waals surface area (Å²) < 4.78 is 61.4. The normalized spacial score (nSPS) is 17.3. The van der Waals surface area contributed by atoms with Gasteiger partial charge >= 0.3 is 11.5 Å². The predicted octanol–water partition coefficient (Wildman–Crippen LogP) is 3.47. The van der Waals surface area contributed by atoms with E-state index in [1.807, 2.05) is 0 Å². The molecule has 2 N–H and O–H groups in total. The molecule has 1 fully saturated rings. The number of aromatic nitrogens is 1. The highest BCUT2D eigenvalue weighted by Gasteiger charge is 2.47. The number of hydrogen-bond donors (Lipinski definition) is 1. The van der Waals surface area contributed by atoms with Crippen LogP contribution < -0.4 is 10.6 Å². The molecule has 1 unspecified atom stereocenters. The Bertz CT molecular complexity index is 1370. The molecule has 4 rings (SSSR count). The van der Waals surface area contributed by atoms with Crippen LogP contribution in [0.25, 0.3) is 10.9 Å². The number of hydrogen-bond acceptors (Lipinski definition) is 6. The van der Waals surface area contributed by atoms with Crippen molar-refractivity contribution in [3.8, 4) is 0 Å². The van der Waals surface area contributed by atoms with Crippen LogP contribution in [0.2, 0.25) is 0 Å². The van der Waals surface area contributed by atoms with Gasteiger partial charge in [-0.05, 0) is 55.0 Å². The molecule has 2 aromatic carbocycles. The fraction of sp³-hybridized carbons (Fsp3) is 0.190. The van der Waals surface area contributed by atoms with E-state index in [9.17, 15) is 31.2 Å². The molecule has 0 bridgehead atoms. The monoisotopic (exact) mass is 478 g/mol. The molecule has 8 nitrogen and oxygen atoms in total. The topological polar surface area (TPSA) is 114 Å². The van der Waals surface area contributed by atoms with Crippen molar-refractivity contribution in [1.29, 1.82) is 0 Å². The molecule has 3 aromatic rings. The summed E-state index contributed by atoms with van der Waals surface area (Å²) in [5.41, 5.74) is 2.32. The molecule has 1 aromatic heterocycles. The maximum Gasteiger partial charge on any atom is 0.501 e. The second-order valence-corrected chi connectivity index (χ2v) is 9.36. The van der Waals surface area contributed by atoms with E-state index in [0.717, 1.165) is 17.0 Å². The van der Waals surface area contributed by atoms with Crippen molar-refractivity contribution < 1.29 is 31.2 Å². The number of fused-ring (bicyclic) bond motifs is 1. The van der Waals surface area contributed by atoms with E-state index in [-0.39, 0.29) is 12.2 Å². The van der Waals surface area contributed by atoms with Gasteiger partial charge in [-0.25, -0.2) is 18.1 Å². The molecule has 1 aliphatic heterocycles. The molecular weight excluding hydrogens is 461 g/mol. The first kappa shape index (κ1) is 22.5. The first-order chi connectivity index (χ1) is 15.4. The van der Waals surface area contributed by atoms with Crippen molar-refractivity contribution in [3.05, 3.63) is 60.3 Å². The fourth-order valence-corrected chi connectivity index (χ4v) is 4.44. The molecule has 0 radical (unpaired) electrons. The number of carbonyl (C=O) groups is 2. The second kappa shape index (κ2) is 7.73. The minimum atomic E-state index is -5.55. The van der Waals surface area contributed by atoms with Crippen LogP contribution in [0.4, 0.5) is 29.3 Å². The van der Waals surface area contributed by atoms with Crippen LogP contribution in [0.1, 0.15) is 12.5 Å². The van der Waals surface area contributed by atoms with Crippen molar-refractivity contribution >= 4 is 44.1 Å². The number of amides is 3. The van der Waals surface area contributed by atoms with Crippen molar-refractivity contribution in [2.45, 2.75) is 29.9 Å². The summed E-state index contributed by atoms with van der Waals surface area (Å²) in [4.78, 5) is 31.3. The van der Waals surface area contributed by atoms with Gasteiger partial charge in [0, 0.05) is 23.8 Å². The van der Waals surface area contributed by atoms with Crippen LogP contribution in [0.5, 0.6) is 0 Å². The third-order valence-electron chi connectivity index (χ3n) is 5.42. The third kappa shape index (κ3) is 3.65. The molecule has 1 saturated heterocycles. The Kier molecular flexibility index (Phi) is 5.27. The van der Waals surface area contributed by atoms with E-state index in [1.54, 1.807) is 30.5 Å². The Morgan fingerprint density at radius 1 is 1.06 bits per heavy atom. The Morgan fingerprint density at radius 2 is 1.73 bits per heavy atom. The molecule has 172 valence electrons. The molecule has 12 heteroatoms. The van der Waals surface area contributed by atoms with E-state index >= 15 is 0 Å². The number of sulfone groups is 1. The van der Waals surface area contributed by atoms with Crippen LogP contribution in [-0.4, -0.2) is 41.8 Å². The van der Waals surface area contributed by atoms with Gasteiger partial charge in [0.15, 0.2) is 0 Å². The van der Waals surface area contributed by atoms with Crippen LogP contribution in [-0.2, 0) is 21.2 Å². The molecule has 1 atom stereocenters. The number of nitrogen functional groups attached to an aromatic ring is 1. The largest absolute Gasteiger partial charge is 0.501 e. The lowest BCUT2D eigenvalue weighted by Crippen LogP contribution is -2.33. The lowest BCUT2D eigenvalue weighted by atomic mass is 10.1. The highest BCUT2D eigenvalue weighted by Crippen LogP contribution is 2.33. The van der Waals surface area contributed by atoms with E-state index in [1.165, 1.54) is 11.8 Å². The zero-order chi connectivity index (χ0) is 24.1. The summed E-state index contributed by atoms with van der Waals surface area (Å²) in [6, 6.07) is 8.72. The average molecular weight is 478 g/mol. The molecular formula is C21H17F3N4O4S. The first-order valence-electron chi connectivity index (χ1n) is 9.61. The number of benzene rings is 2. The lowest BCUT2D eigenvalue weighted by molar-refractivity contribution is -0.119. The number of alkyl halides is 3. The van der Waals surface area contributed by atoms with Crippen LogP contribution in [0, 0.1) is 0 Å². The number of halogens is 3. The second-order valence-electron chi connectivity index (χ2n) is 7.41. The van der Waals surface area contributed by atoms with Gasteiger partial charge in [-0.15, -0.1) is 0 Å². The van der Waals surface area contributed by atoms with Crippen LogP contribution in [0.15, 0.2) is 59.6 Å². The minimum absolute atomic E-state index is 0.0377. The molecule has 0 aliphatic carbocycles. The van der Waals surface area contributed by atoms with Gasteiger partial charge in [-0.3, -0.25) is 9.78 Å². The number of nitrogens with two attached hydrogens (primary N) is 1. The standard InChI is InChI=1S/C21H17F3N4O4S/c1-12-19(29)28(14-5-7-15(8-6-14)33(31,32)21(22,23)24)20(30)27(12)11-13-9-10-26-17-4-2-3-16(25)18(13)17/h2-10,12H,11,25H2,1H3. The van der Waals surface area contributed by atoms with Crippen molar-refractivity contribution in [1.82, 2.24) is 9.88 Å². The molecule has 33 heavy (non-hydrogen) atoms. The van der Waals surface area contributed by atoms with Crippen molar-refractivity contribution in [3.63, 3.8) is 0 Å². The fourth-order valence-electron chi connectivity index (χ4n) is 3.68. The maximum atomic E-state index is 13.1. The highest BCUT2D eigenvalue weighted by atomic mass is 32.2. The number of carbonyl (C=O) groups excluding carboxylic acids is 2. The first-order valence-corrected chi connectivity index (χ1v) is 11.1.